The van der Waals surface area contributed by atoms with Gasteiger partial charge in [-0.25, -0.2) is 4.79 Å². The van der Waals surface area contributed by atoms with Gasteiger partial charge in [-0.1, -0.05) is 36.4 Å². The van der Waals surface area contributed by atoms with Gasteiger partial charge in [0.1, 0.15) is 18.5 Å². The van der Waals surface area contributed by atoms with E-state index in [0.29, 0.717) is 5.75 Å². The third-order valence-electron chi connectivity index (χ3n) is 4.82. The van der Waals surface area contributed by atoms with Crippen molar-refractivity contribution in [3.63, 3.8) is 0 Å². The standard InChI is InChI=1S/C22H27NO8/c1-14(2)23(19(25)10-22(30,21(28)29)11-20(26)27)12-16(24)13-31-18-9-5-7-15-6-3-4-8-17(15)18/h3-9,14,16,24,30H,10-13H2,1-2H3,(H,26,27)(H,28,29). The number of nitrogens with zero attached hydrogens (tertiary/aromatic N) is 1. The fourth-order valence-corrected chi connectivity index (χ4v) is 3.20. The Kier molecular flexibility index (Phi) is 7.95. The summed E-state index contributed by atoms with van der Waals surface area (Å²) >= 11 is 0. The molecule has 4 N–H and O–H groups in total. The second-order valence-corrected chi connectivity index (χ2v) is 7.67. The summed E-state index contributed by atoms with van der Waals surface area (Å²) in [5.74, 6) is -3.56. The molecule has 0 saturated heterocycles. The highest BCUT2D eigenvalue weighted by Crippen LogP contribution is 2.25. The van der Waals surface area contributed by atoms with Gasteiger partial charge in [-0.2, -0.15) is 0 Å². The first kappa shape index (κ1) is 24.1. The summed E-state index contributed by atoms with van der Waals surface area (Å²) in [6.07, 6.45) is -3.14. The maximum Gasteiger partial charge on any atom is 0.336 e. The molecule has 2 aromatic rings. The first-order chi connectivity index (χ1) is 14.5. The summed E-state index contributed by atoms with van der Waals surface area (Å²) in [5.41, 5.74) is -2.74. The van der Waals surface area contributed by atoms with Crippen molar-refractivity contribution in [2.24, 2.45) is 0 Å². The van der Waals surface area contributed by atoms with E-state index >= 15 is 0 Å². The molecule has 2 atom stereocenters. The Morgan fingerprint density at radius 3 is 2.29 bits per heavy atom. The number of rotatable bonds is 11. The second-order valence-electron chi connectivity index (χ2n) is 7.67. The number of carbonyl (C=O) groups is 3. The lowest BCUT2D eigenvalue weighted by molar-refractivity contribution is -0.169. The predicted molar refractivity (Wildman–Crippen MR) is 112 cm³/mol. The first-order valence-corrected chi connectivity index (χ1v) is 9.79. The minimum atomic E-state index is -2.74. The highest BCUT2D eigenvalue weighted by Gasteiger charge is 2.42. The minimum absolute atomic E-state index is 0.122. The highest BCUT2D eigenvalue weighted by molar-refractivity contribution is 5.90. The van der Waals surface area contributed by atoms with Crippen molar-refractivity contribution in [1.29, 1.82) is 0 Å². The number of benzene rings is 2. The molecule has 9 nitrogen and oxygen atoms in total. The van der Waals surface area contributed by atoms with E-state index in [4.69, 9.17) is 9.84 Å². The first-order valence-electron chi connectivity index (χ1n) is 9.79. The zero-order valence-corrected chi connectivity index (χ0v) is 17.4. The van der Waals surface area contributed by atoms with Gasteiger partial charge in [-0.05, 0) is 25.3 Å². The van der Waals surface area contributed by atoms with Gasteiger partial charge in [0.2, 0.25) is 5.91 Å². The van der Waals surface area contributed by atoms with Crippen molar-refractivity contribution in [2.75, 3.05) is 13.2 Å². The average molecular weight is 433 g/mol. The van der Waals surface area contributed by atoms with Crippen LogP contribution in [-0.2, 0) is 14.4 Å². The third kappa shape index (κ3) is 6.40. The number of aliphatic carboxylic acids is 2. The maximum absolute atomic E-state index is 12.6. The molecule has 0 heterocycles. The summed E-state index contributed by atoms with van der Waals surface area (Å²) in [5, 5.41) is 40.4. The second kappa shape index (κ2) is 10.2. The van der Waals surface area contributed by atoms with Gasteiger partial charge in [0.15, 0.2) is 5.60 Å². The van der Waals surface area contributed by atoms with Gasteiger partial charge in [-0.3, -0.25) is 9.59 Å². The normalized spacial score (nSPS) is 14.1. The van der Waals surface area contributed by atoms with Gasteiger partial charge in [0.25, 0.3) is 0 Å². The van der Waals surface area contributed by atoms with Crippen LogP contribution in [0.1, 0.15) is 26.7 Å². The van der Waals surface area contributed by atoms with Crippen molar-refractivity contribution in [1.82, 2.24) is 4.90 Å². The Hall–Kier alpha value is -3.17. The van der Waals surface area contributed by atoms with Crippen molar-refractivity contribution in [2.45, 2.75) is 44.4 Å². The number of ether oxygens (including phenoxy) is 1. The van der Waals surface area contributed by atoms with E-state index in [1.165, 1.54) is 4.90 Å². The van der Waals surface area contributed by atoms with Crippen LogP contribution in [0.5, 0.6) is 5.75 Å². The van der Waals surface area contributed by atoms with Crippen LogP contribution >= 0.6 is 0 Å². The average Bonchev–Trinajstić information content (AvgIpc) is 2.69. The Bertz CT molecular complexity index is 939. The van der Waals surface area contributed by atoms with E-state index in [-0.39, 0.29) is 13.2 Å². The number of carbonyl (C=O) groups excluding carboxylic acids is 1. The lowest BCUT2D eigenvalue weighted by Gasteiger charge is -2.31. The molecule has 0 aliphatic carbocycles. The molecule has 1 amide bonds. The van der Waals surface area contributed by atoms with Crippen LogP contribution in [0.25, 0.3) is 10.8 Å². The van der Waals surface area contributed by atoms with Crippen LogP contribution in [0, 0.1) is 0 Å². The molecule has 31 heavy (non-hydrogen) atoms. The smallest absolute Gasteiger partial charge is 0.336 e. The van der Waals surface area contributed by atoms with E-state index < -0.39 is 48.4 Å². The van der Waals surface area contributed by atoms with Crippen LogP contribution < -0.4 is 4.74 Å². The van der Waals surface area contributed by atoms with Crippen LogP contribution in [-0.4, -0.2) is 74.1 Å². The van der Waals surface area contributed by atoms with Gasteiger partial charge in [0, 0.05) is 11.4 Å². The number of aliphatic hydroxyl groups is 2. The minimum Gasteiger partial charge on any atom is -0.490 e. The van der Waals surface area contributed by atoms with Gasteiger partial charge in [-0.15, -0.1) is 0 Å². The molecule has 0 fully saturated rings. The molecule has 0 bridgehead atoms. The zero-order chi connectivity index (χ0) is 23.2. The maximum atomic E-state index is 12.6. The van der Waals surface area contributed by atoms with Crippen LogP contribution in [0.2, 0.25) is 0 Å². The molecule has 0 saturated carbocycles. The molecular formula is C22H27NO8. The number of hydrogen-bond acceptors (Lipinski definition) is 6. The summed E-state index contributed by atoms with van der Waals surface area (Å²) in [4.78, 5) is 36.0. The monoisotopic (exact) mass is 433 g/mol. The van der Waals surface area contributed by atoms with Crippen LogP contribution in [0.4, 0.5) is 0 Å². The van der Waals surface area contributed by atoms with Gasteiger partial charge in [0.05, 0.1) is 19.4 Å². The molecule has 9 heteroatoms. The Morgan fingerprint density at radius 2 is 1.68 bits per heavy atom. The summed E-state index contributed by atoms with van der Waals surface area (Å²) in [6, 6.07) is 12.7. The van der Waals surface area contributed by atoms with E-state index in [9.17, 15) is 29.7 Å². The van der Waals surface area contributed by atoms with E-state index in [1.54, 1.807) is 19.9 Å². The van der Waals surface area contributed by atoms with E-state index in [2.05, 4.69) is 0 Å². The fraction of sp³-hybridized carbons (Fsp3) is 0.409. The highest BCUT2D eigenvalue weighted by atomic mass is 16.5. The Morgan fingerprint density at radius 1 is 1.03 bits per heavy atom. The van der Waals surface area contributed by atoms with Gasteiger partial charge >= 0.3 is 11.9 Å². The molecule has 0 radical (unpaired) electrons. The number of amides is 1. The van der Waals surface area contributed by atoms with Crippen LogP contribution in [0.15, 0.2) is 42.5 Å². The number of carboxylic acid groups (broad SMARTS) is 2. The molecule has 0 spiro atoms. The lowest BCUT2D eigenvalue weighted by Crippen LogP contribution is -2.50. The number of fused-ring (bicyclic) bond motifs is 1. The topological polar surface area (TPSA) is 145 Å². The molecule has 0 aliphatic rings. The van der Waals surface area contributed by atoms with Crippen molar-refractivity contribution in [3.05, 3.63) is 42.5 Å². The zero-order valence-electron chi connectivity index (χ0n) is 17.4. The Balaban J connectivity index is 2.05. The summed E-state index contributed by atoms with van der Waals surface area (Å²) in [6.45, 7) is 3.02. The molecule has 2 unspecified atom stereocenters. The van der Waals surface area contributed by atoms with E-state index in [1.807, 2.05) is 36.4 Å². The quantitative estimate of drug-likeness (QED) is 0.417. The third-order valence-corrected chi connectivity index (χ3v) is 4.82. The molecule has 0 aromatic heterocycles. The number of carboxylic acids is 2. The van der Waals surface area contributed by atoms with Crippen LogP contribution in [0.3, 0.4) is 0 Å². The summed E-state index contributed by atoms with van der Waals surface area (Å²) in [7, 11) is 0. The van der Waals surface area contributed by atoms with Crippen molar-refractivity contribution in [3.8, 4) is 5.75 Å². The fourth-order valence-electron chi connectivity index (χ4n) is 3.20. The molecule has 2 aromatic carbocycles. The SMILES string of the molecule is CC(C)N(CC(O)COc1cccc2ccccc12)C(=O)CC(O)(CC(=O)O)C(=O)O. The Labute approximate surface area is 179 Å². The molecule has 2 rings (SSSR count). The largest absolute Gasteiger partial charge is 0.490 e. The predicted octanol–water partition coefficient (Wildman–Crippen LogP) is 1.50. The summed E-state index contributed by atoms with van der Waals surface area (Å²) < 4.78 is 5.72. The number of hydrogen-bond donors (Lipinski definition) is 4. The molecule has 168 valence electrons. The van der Waals surface area contributed by atoms with Crippen molar-refractivity contribution >= 4 is 28.6 Å². The molecule has 0 aliphatic heterocycles. The van der Waals surface area contributed by atoms with Crippen molar-refractivity contribution < 1.29 is 39.5 Å². The molecular weight excluding hydrogens is 406 g/mol. The lowest BCUT2D eigenvalue weighted by atomic mass is 9.94. The van der Waals surface area contributed by atoms with Gasteiger partial charge < -0.3 is 30.1 Å². The number of aliphatic hydroxyl groups excluding tert-OH is 1. The van der Waals surface area contributed by atoms with E-state index in [0.717, 1.165) is 10.8 Å².